The number of rotatable bonds is 6. The Bertz CT molecular complexity index is 1110. The molecule has 0 saturated carbocycles. The number of nitrogens with one attached hydrogen (secondary N) is 1. The lowest BCUT2D eigenvalue weighted by Crippen LogP contribution is -2.52. The normalized spacial score (nSPS) is 15.2. The van der Waals surface area contributed by atoms with Crippen molar-refractivity contribution in [3.05, 3.63) is 65.2 Å². The fourth-order valence-corrected chi connectivity index (χ4v) is 4.82. The number of ether oxygens (including phenoxy) is 1. The van der Waals surface area contributed by atoms with E-state index in [-0.39, 0.29) is 29.6 Å². The highest BCUT2D eigenvalue weighted by Gasteiger charge is 2.30. The molecule has 0 unspecified atom stereocenters. The Labute approximate surface area is 195 Å². The molecular formula is C24H30N4O4S. The minimum absolute atomic E-state index is 0.148. The van der Waals surface area contributed by atoms with Crippen LogP contribution in [0.5, 0.6) is 0 Å². The van der Waals surface area contributed by atoms with E-state index in [0.29, 0.717) is 31.8 Å². The fraction of sp³-hybridized carbons (Fsp3) is 0.417. The number of nitriles is 1. The molecule has 1 fully saturated rings. The lowest BCUT2D eigenvalue weighted by molar-refractivity contribution is -0.0149. The van der Waals surface area contributed by atoms with Gasteiger partial charge in [0.1, 0.15) is 0 Å². The molecule has 0 aliphatic carbocycles. The average molecular weight is 471 g/mol. The summed E-state index contributed by atoms with van der Waals surface area (Å²) in [5.41, 5.74) is 2.20. The van der Waals surface area contributed by atoms with Crippen molar-refractivity contribution >= 4 is 16.1 Å². The lowest BCUT2D eigenvalue weighted by Gasteiger charge is -2.34. The highest BCUT2D eigenvalue weighted by atomic mass is 32.2. The predicted octanol–water partition coefficient (Wildman–Crippen LogP) is 3.09. The quantitative estimate of drug-likeness (QED) is 0.699. The minimum Gasteiger partial charge on any atom is -0.371 e. The van der Waals surface area contributed by atoms with E-state index in [1.165, 1.54) is 28.6 Å². The summed E-state index contributed by atoms with van der Waals surface area (Å²) in [6, 6.07) is 15.5. The van der Waals surface area contributed by atoms with Gasteiger partial charge in [-0.05, 0) is 56.2 Å². The molecule has 0 bridgehead atoms. The van der Waals surface area contributed by atoms with Gasteiger partial charge in [-0.3, -0.25) is 0 Å². The molecule has 3 rings (SSSR count). The number of hydrogen-bond donors (Lipinski definition) is 1. The van der Waals surface area contributed by atoms with E-state index in [1.807, 2.05) is 51.1 Å². The Kier molecular flexibility index (Phi) is 7.74. The first-order chi connectivity index (χ1) is 15.6. The van der Waals surface area contributed by atoms with Crippen LogP contribution in [0.1, 0.15) is 37.5 Å². The smallest absolute Gasteiger partial charge is 0.317 e. The van der Waals surface area contributed by atoms with Crippen LogP contribution in [0.25, 0.3) is 0 Å². The number of hydrogen-bond acceptors (Lipinski definition) is 5. The highest BCUT2D eigenvalue weighted by molar-refractivity contribution is 7.89. The third kappa shape index (κ3) is 6.78. The minimum atomic E-state index is -3.66. The van der Waals surface area contributed by atoms with E-state index >= 15 is 0 Å². The van der Waals surface area contributed by atoms with Gasteiger partial charge in [0.05, 0.1) is 28.7 Å². The van der Waals surface area contributed by atoms with Crippen molar-refractivity contribution in [2.24, 2.45) is 0 Å². The Morgan fingerprint density at radius 1 is 1.06 bits per heavy atom. The maximum Gasteiger partial charge on any atom is 0.317 e. The van der Waals surface area contributed by atoms with Crippen LogP contribution in [0, 0.1) is 11.3 Å². The molecule has 9 heteroatoms. The zero-order chi connectivity index (χ0) is 24.1. The van der Waals surface area contributed by atoms with E-state index in [4.69, 9.17) is 10.00 Å². The number of benzene rings is 2. The summed E-state index contributed by atoms with van der Waals surface area (Å²) in [6.45, 7) is 7.95. The second-order valence-electron chi connectivity index (χ2n) is 8.91. The molecule has 0 aromatic heterocycles. The number of piperazine rings is 1. The van der Waals surface area contributed by atoms with Crippen molar-refractivity contribution in [1.82, 2.24) is 14.5 Å². The van der Waals surface area contributed by atoms with Gasteiger partial charge in [-0.2, -0.15) is 9.57 Å². The maximum atomic E-state index is 12.8. The number of carbonyl (C=O) groups excluding carboxylic acids is 1. The van der Waals surface area contributed by atoms with Gasteiger partial charge < -0.3 is 15.0 Å². The highest BCUT2D eigenvalue weighted by Crippen LogP contribution is 2.18. The number of amides is 2. The molecule has 176 valence electrons. The third-order valence-electron chi connectivity index (χ3n) is 5.25. The van der Waals surface area contributed by atoms with Crippen LogP contribution >= 0.6 is 0 Å². The van der Waals surface area contributed by atoms with E-state index in [1.54, 1.807) is 4.90 Å². The van der Waals surface area contributed by atoms with Crippen LogP contribution in [-0.2, 0) is 27.9 Å². The van der Waals surface area contributed by atoms with Gasteiger partial charge in [-0.15, -0.1) is 0 Å². The molecule has 2 amide bonds. The molecule has 1 heterocycles. The molecule has 0 atom stereocenters. The van der Waals surface area contributed by atoms with E-state index < -0.39 is 10.0 Å². The predicted molar refractivity (Wildman–Crippen MR) is 125 cm³/mol. The van der Waals surface area contributed by atoms with Crippen molar-refractivity contribution in [1.29, 1.82) is 5.26 Å². The summed E-state index contributed by atoms with van der Waals surface area (Å²) >= 11 is 0. The molecule has 1 aliphatic rings. The van der Waals surface area contributed by atoms with Crippen LogP contribution in [0.4, 0.5) is 4.79 Å². The van der Waals surface area contributed by atoms with Crippen LogP contribution in [-0.4, -0.2) is 55.4 Å². The van der Waals surface area contributed by atoms with Gasteiger partial charge in [-0.1, -0.05) is 24.3 Å². The summed E-state index contributed by atoms with van der Waals surface area (Å²) in [5, 5.41) is 11.8. The summed E-state index contributed by atoms with van der Waals surface area (Å²) in [4.78, 5) is 14.4. The molecule has 1 aliphatic heterocycles. The number of sulfonamides is 1. The van der Waals surface area contributed by atoms with Crippen LogP contribution in [0.3, 0.4) is 0 Å². The van der Waals surface area contributed by atoms with Gasteiger partial charge in [0.2, 0.25) is 10.0 Å². The van der Waals surface area contributed by atoms with Crippen molar-refractivity contribution in [3.63, 3.8) is 0 Å². The lowest BCUT2D eigenvalue weighted by atomic mass is 10.1. The Morgan fingerprint density at radius 2 is 1.70 bits per heavy atom. The summed E-state index contributed by atoms with van der Waals surface area (Å²) < 4.78 is 32.9. The first-order valence-electron chi connectivity index (χ1n) is 10.8. The summed E-state index contributed by atoms with van der Waals surface area (Å²) in [5.74, 6) is 0. The molecule has 33 heavy (non-hydrogen) atoms. The van der Waals surface area contributed by atoms with Gasteiger partial charge in [-0.25, -0.2) is 13.2 Å². The largest absolute Gasteiger partial charge is 0.371 e. The Balaban J connectivity index is 1.51. The van der Waals surface area contributed by atoms with E-state index in [0.717, 1.165) is 11.1 Å². The second kappa shape index (κ2) is 10.3. The molecule has 1 saturated heterocycles. The maximum absolute atomic E-state index is 12.8. The summed E-state index contributed by atoms with van der Waals surface area (Å²) in [7, 11) is -3.66. The number of urea groups is 1. The number of nitrogens with zero attached hydrogens (tertiary/aromatic N) is 3. The Morgan fingerprint density at radius 3 is 2.30 bits per heavy atom. The molecule has 0 radical (unpaired) electrons. The van der Waals surface area contributed by atoms with E-state index in [9.17, 15) is 13.2 Å². The Hall–Kier alpha value is -2.93. The van der Waals surface area contributed by atoms with Crippen molar-refractivity contribution in [2.75, 3.05) is 26.2 Å². The van der Waals surface area contributed by atoms with Crippen molar-refractivity contribution in [3.8, 4) is 6.07 Å². The van der Waals surface area contributed by atoms with Gasteiger partial charge in [0, 0.05) is 32.7 Å². The van der Waals surface area contributed by atoms with E-state index in [2.05, 4.69) is 5.32 Å². The first kappa shape index (κ1) is 24.7. The number of carbonyl (C=O) groups is 1. The third-order valence-corrected chi connectivity index (χ3v) is 7.17. The molecular weight excluding hydrogens is 440 g/mol. The van der Waals surface area contributed by atoms with Crippen molar-refractivity contribution < 1.29 is 17.9 Å². The summed E-state index contributed by atoms with van der Waals surface area (Å²) in [6.07, 6.45) is 0. The van der Waals surface area contributed by atoms with Gasteiger partial charge >= 0.3 is 6.03 Å². The second-order valence-corrected chi connectivity index (χ2v) is 10.8. The standard InChI is InChI=1S/C24H30N4O4S/c1-24(2,3)32-18-21-6-4-5-20(15-21)17-26-23(29)27-11-13-28(14-12-27)33(30,31)22-9-7-19(16-25)8-10-22/h4-10,15H,11-14,17-18H2,1-3H3,(H,26,29). The first-order valence-corrected chi connectivity index (χ1v) is 12.3. The average Bonchev–Trinajstić information content (AvgIpc) is 2.81. The van der Waals surface area contributed by atoms with Crippen molar-refractivity contribution in [2.45, 2.75) is 44.4 Å². The monoisotopic (exact) mass is 470 g/mol. The molecule has 2 aromatic carbocycles. The zero-order valence-corrected chi connectivity index (χ0v) is 20.1. The van der Waals surface area contributed by atoms with Crippen LogP contribution in [0.15, 0.2) is 53.4 Å². The fourth-order valence-electron chi connectivity index (χ4n) is 3.40. The molecule has 8 nitrogen and oxygen atoms in total. The molecule has 1 N–H and O–H groups in total. The van der Waals surface area contributed by atoms with Gasteiger partial charge in [0.25, 0.3) is 0 Å². The molecule has 0 spiro atoms. The molecule has 2 aromatic rings. The van der Waals surface area contributed by atoms with Crippen LogP contribution < -0.4 is 5.32 Å². The van der Waals surface area contributed by atoms with Crippen LogP contribution in [0.2, 0.25) is 0 Å². The zero-order valence-electron chi connectivity index (χ0n) is 19.2. The van der Waals surface area contributed by atoms with Gasteiger partial charge in [0.15, 0.2) is 0 Å². The topological polar surface area (TPSA) is 103 Å². The SMILES string of the molecule is CC(C)(C)OCc1cccc(CNC(=O)N2CCN(S(=O)(=O)c3ccc(C#N)cc3)CC2)c1.